The lowest BCUT2D eigenvalue weighted by molar-refractivity contribution is -0.142. The van der Waals surface area contributed by atoms with E-state index < -0.39 is 5.25 Å². The van der Waals surface area contributed by atoms with Crippen LogP contribution in [0.2, 0.25) is 0 Å². The fourth-order valence-electron chi connectivity index (χ4n) is 3.60. The van der Waals surface area contributed by atoms with E-state index in [0.717, 1.165) is 24.0 Å². The van der Waals surface area contributed by atoms with Gasteiger partial charge in [-0.15, -0.1) is 0 Å². The van der Waals surface area contributed by atoms with Crippen molar-refractivity contribution in [1.29, 1.82) is 10.5 Å². The normalized spacial score (nSPS) is 11.2. The number of aromatic nitrogens is 2. The fraction of sp³-hybridized carbons (Fsp3) is 0.367. The predicted octanol–water partition coefficient (Wildman–Crippen LogP) is 5.68. The molecule has 8 nitrogen and oxygen atoms in total. The molecule has 0 fully saturated rings. The molecule has 1 heterocycles. The number of hydrogen-bond acceptors (Lipinski definition) is 9. The van der Waals surface area contributed by atoms with Crippen LogP contribution in [0, 0.1) is 22.7 Å². The number of hydrogen-bond donors (Lipinski definition) is 0. The Labute approximate surface area is 234 Å². The number of rotatable bonds is 15. The standard InChI is InChI=1S/C30H32N4O4S/c1-3-5-6-26(29(35)36-4-2)39-30-33-27(37-17-15-22-7-11-24(20-31)12-8-22)19-28(34-30)38-18-16-23-9-13-25(21-32)14-10-23/h7-14,19,26H,3-6,15-18H2,1-2H3. The van der Waals surface area contributed by atoms with Gasteiger partial charge in [-0.3, -0.25) is 4.79 Å². The van der Waals surface area contributed by atoms with Crippen LogP contribution in [0.3, 0.4) is 0 Å². The summed E-state index contributed by atoms with van der Waals surface area (Å²) in [6.07, 6.45) is 3.76. The summed E-state index contributed by atoms with van der Waals surface area (Å²) in [6, 6.07) is 20.6. The topological polar surface area (TPSA) is 118 Å². The van der Waals surface area contributed by atoms with Crippen LogP contribution in [-0.2, 0) is 22.4 Å². The average Bonchev–Trinajstić information content (AvgIpc) is 2.96. The van der Waals surface area contributed by atoms with Gasteiger partial charge in [0.25, 0.3) is 0 Å². The van der Waals surface area contributed by atoms with Gasteiger partial charge in [-0.25, -0.2) is 0 Å². The minimum Gasteiger partial charge on any atom is -0.477 e. The maximum atomic E-state index is 12.6. The van der Waals surface area contributed by atoms with Crippen LogP contribution in [0.5, 0.6) is 11.8 Å². The number of carbonyl (C=O) groups excluding carboxylic acids is 1. The number of esters is 1. The van der Waals surface area contributed by atoms with E-state index in [2.05, 4.69) is 29.0 Å². The van der Waals surface area contributed by atoms with Gasteiger partial charge in [0.15, 0.2) is 5.16 Å². The van der Waals surface area contributed by atoms with E-state index in [0.29, 0.717) is 67.1 Å². The fourth-order valence-corrected chi connectivity index (χ4v) is 4.59. The first-order valence-corrected chi connectivity index (χ1v) is 13.9. The molecule has 202 valence electrons. The van der Waals surface area contributed by atoms with Crippen molar-refractivity contribution in [2.45, 2.75) is 56.4 Å². The third-order valence-electron chi connectivity index (χ3n) is 5.72. The maximum absolute atomic E-state index is 12.6. The van der Waals surface area contributed by atoms with E-state index in [4.69, 9.17) is 24.7 Å². The molecule has 3 rings (SSSR count). The summed E-state index contributed by atoms with van der Waals surface area (Å²) in [4.78, 5) is 21.6. The molecule has 1 aromatic heterocycles. The second-order valence-electron chi connectivity index (χ2n) is 8.64. The molecule has 1 unspecified atom stereocenters. The SMILES string of the molecule is CCCCC(Sc1nc(OCCc2ccc(C#N)cc2)cc(OCCc2ccc(C#N)cc2)n1)C(=O)OCC. The Bertz CT molecular complexity index is 1200. The highest BCUT2D eigenvalue weighted by atomic mass is 32.2. The van der Waals surface area contributed by atoms with Crippen LogP contribution in [0.25, 0.3) is 0 Å². The van der Waals surface area contributed by atoms with Crippen molar-refractivity contribution >= 4 is 17.7 Å². The first kappa shape index (κ1) is 29.5. The Morgan fingerprint density at radius 1 is 0.872 bits per heavy atom. The molecule has 0 aliphatic heterocycles. The third-order valence-corrected chi connectivity index (χ3v) is 6.83. The van der Waals surface area contributed by atoms with Crippen LogP contribution >= 0.6 is 11.8 Å². The van der Waals surface area contributed by atoms with E-state index in [1.165, 1.54) is 11.8 Å². The zero-order valence-electron chi connectivity index (χ0n) is 22.3. The Hall–Kier alpha value is -4.08. The van der Waals surface area contributed by atoms with Gasteiger partial charge in [-0.05, 0) is 48.7 Å². The molecule has 39 heavy (non-hydrogen) atoms. The molecule has 0 saturated heterocycles. The lowest BCUT2D eigenvalue weighted by Crippen LogP contribution is -2.21. The molecule has 0 bridgehead atoms. The van der Waals surface area contributed by atoms with Gasteiger partial charge in [0, 0.05) is 12.8 Å². The van der Waals surface area contributed by atoms with Crippen LogP contribution in [0.4, 0.5) is 0 Å². The summed E-state index contributed by atoms with van der Waals surface area (Å²) in [6.45, 7) is 4.92. The molecule has 1 atom stereocenters. The summed E-state index contributed by atoms with van der Waals surface area (Å²) >= 11 is 1.25. The molecule has 0 amide bonds. The average molecular weight is 545 g/mol. The van der Waals surface area contributed by atoms with Crippen LogP contribution < -0.4 is 9.47 Å². The van der Waals surface area contributed by atoms with Crippen LogP contribution in [-0.4, -0.2) is 41.0 Å². The summed E-state index contributed by atoms with van der Waals surface area (Å²) in [7, 11) is 0. The highest BCUT2D eigenvalue weighted by Crippen LogP contribution is 2.29. The van der Waals surface area contributed by atoms with Crippen molar-refractivity contribution in [3.05, 3.63) is 76.9 Å². The number of nitriles is 2. The summed E-state index contributed by atoms with van der Waals surface area (Å²) < 4.78 is 17.2. The number of thioether (sulfide) groups is 1. The molecule has 9 heteroatoms. The van der Waals surface area contributed by atoms with E-state index in [9.17, 15) is 4.79 Å². The van der Waals surface area contributed by atoms with Crippen molar-refractivity contribution in [3.8, 4) is 23.9 Å². The largest absolute Gasteiger partial charge is 0.477 e. The third kappa shape index (κ3) is 9.96. The molecular weight excluding hydrogens is 512 g/mol. The van der Waals surface area contributed by atoms with Gasteiger partial charge >= 0.3 is 5.97 Å². The van der Waals surface area contributed by atoms with Crippen molar-refractivity contribution in [3.63, 3.8) is 0 Å². The van der Waals surface area contributed by atoms with Gasteiger partial charge in [0.1, 0.15) is 5.25 Å². The molecule has 0 aliphatic rings. The molecule has 2 aromatic carbocycles. The van der Waals surface area contributed by atoms with Crippen molar-refractivity contribution in [1.82, 2.24) is 9.97 Å². The highest BCUT2D eigenvalue weighted by molar-refractivity contribution is 8.00. The molecular formula is C30H32N4O4S. The Kier molecular flexibility index (Phi) is 12.1. The number of nitrogens with zero attached hydrogens (tertiary/aromatic N) is 4. The number of benzene rings is 2. The summed E-state index contributed by atoms with van der Waals surface area (Å²) in [5.74, 6) is 0.426. The van der Waals surface area contributed by atoms with E-state index in [1.807, 2.05) is 24.3 Å². The minimum atomic E-state index is -0.426. The minimum absolute atomic E-state index is 0.282. The Balaban J connectivity index is 1.72. The molecule has 0 saturated carbocycles. The van der Waals surface area contributed by atoms with Gasteiger partial charge in [-0.2, -0.15) is 20.5 Å². The summed E-state index contributed by atoms with van der Waals surface area (Å²) in [5.41, 5.74) is 3.30. The molecule has 0 aliphatic carbocycles. The molecule has 0 N–H and O–H groups in total. The number of carbonyl (C=O) groups is 1. The second kappa shape index (κ2) is 16.0. The van der Waals surface area contributed by atoms with E-state index in [-0.39, 0.29) is 5.97 Å². The van der Waals surface area contributed by atoms with Gasteiger partial charge < -0.3 is 14.2 Å². The molecule has 0 spiro atoms. The van der Waals surface area contributed by atoms with Gasteiger partial charge in [-0.1, -0.05) is 55.8 Å². The number of unbranched alkanes of at least 4 members (excludes halogenated alkanes) is 1. The first-order valence-electron chi connectivity index (χ1n) is 13.0. The monoisotopic (exact) mass is 544 g/mol. The quantitative estimate of drug-likeness (QED) is 0.135. The van der Waals surface area contributed by atoms with Gasteiger partial charge in [0.2, 0.25) is 11.8 Å². The number of ether oxygens (including phenoxy) is 3. The Morgan fingerprint density at radius 2 is 1.38 bits per heavy atom. The van der Waals surface area contributed by atoms with Crippen molar-refractivity contribution in [2.75, 3.05) is 19.8 Å². The first-order chi connectivity index (χ1) is 19.0. The lowest BCUT2D eigenvalue weighted by Gasteiger charge is -2.15. The van der Waals surface area contributed by atoms with Crippen molar-refractivity contribution < 1.29 is 19.0 Å². The predicted molar refractivity (Wildman–Crippen MR) is 149 cm³/mol. The smallest absolute Gasteiger partial charge is 0.319 e. The van der Waals surface area contributed by atoms with Gasteiger partial charge in [0.05, 0.1) is 49.2 Å². The Morgan fingerprint density at radius 3 is 1.82 bits per heavy atom. The van der Waals surface area contributed by atoms with E-state index >= 15 is 0 Å². The second-order valence-corrected chi connectivity index (χ2v) is 9.81. The van der Waals surface area contributed by atoms with Crippen LogP contribution in [0.15, 0.2) is 59.8 Å². The summed E-state index contributed by atoms with van der Waals surface area (Å²) in [5, 5.41) is 17.9. The molecule has 0 radical (unpaired) electrons. The highest BCUT2D eigenvalue weighted by Gasteiger charge is 2.23. The van der Waals surface area contributed by atoms with Crippen LogP contribution in [0.1, 0.15) is 55.4 Å². The van der Waals surface area contributed by atoms with E-state index in [1.54, 1.807) is 37.3 Å². The zero-order valence-corrected chi connectivity index (χ0v) is 23.1. The van der Waals surface area contributed by atoms with Crippen molar-refractivity contribution in [2.24, 2.45) is 0 Å². The molecule has 3 aromatic rings. The lowest BCUT2D eigenvalue weighted by atomic mass is 10.1. The zero-order chi connectivity index (χ0) is 27.9. The maximum Gasteiger partial charge on any atom is 0.319 e.